The van der Waals surface area contributed by atoms with Crippen LogP contribution >= 0.6 is 0 Å². The number of anilines is 1. The molecule has 1 aliphatic carbocycles. The van der Waals surface area contributed by atoms with Gasteiger partial charge >= 0.3 is 0 Å². The van der Waals surface area contributed by atoms with Crippen molar-refractivity contribution in [2.45, 2.75) is 70.7 Å². The molecule has 1 saturated carbocycles. The van der Waals surface area contributed by atoms with Crippen molar-refractivity contribution in [2.24, 2.45) is 0 Å². The number of fused-ring (bicyclic) bond motifs is 1. The van der Waals surface area contributed by atoms with Crippen LogP contribution in [0.1, 0.15) is 64.9 Å². The van der Waals surface area contributed by atoms with Gasteiger partial charge in [-0.25, -0.2) is 9.97 Å². The standard InChI is InChI=1S/C28H34N4O4/c1-19-11-24(35-17-25-14-29-18-36-25)12-20-8-10-32(16-26(19)20)15-23(33)5-6-27(34)21-7-9-30-28(13-21)31-22-3-2-4-22/h7,9,11-14,18,22-23,33H,2-6,8,10,15-17H2,1H3,(H,30,31)/t23-/m0/s1. The second-order valence-corrected chi connectivity index (χ2v) is 9.94. The molecular weight excluding hydrogens is 456 g/mol. The van der Waals surface area contributed by atoms with E-state index in [4.69, 9.17) is 9.15 Å². The van der Waals surface area contributed by atoms with Crippen LogP contribution in [0.15, 0.2) is 47.5 Å². The lowest BCUT2D eigenvalue weighted by atomic mass is 9.93. The lowest BCUT2D eigenvalue weighted by molar-refractivity contribution is 0.0836. The van der Waals surface area contributed by atoms with E-state index in [0.717, 1.165) is 43.9 Å². The summed E-state index contributed by atoms with van der Waals surface area (Å²) < 4.78 is 11.1. The monoisotopic (exact) mass is 490 g/mol. The van der Waals surface area contributed by atoms with Crippen molar-refractivity contribution in [1.82, 2.24) is 14.9 Å². The predicted octanol–water partition coefficient (Wildman–Crippen LogP) is 4.30. The summed E-state index contributed by atoms with van der Waals surface area (Å²) in [7, 11) is 0. The van der Waals surface area contributed by atoms with Crippen molar-refractivity contribution in [3.05, 3.63) is 71.1 Å². The van der Waals surface area contributed by atoms with Crippen LogP contribution in [0.25, 0.3) is 0 Å². The van der Waals surface area contributed by atoms with E-state index >= 15 is 0 Å². The van der Waals surface area contributed by atoms with E-state index in [1.807, 2.05) is 6.07 Å². The number of carbonyl (C=O) groups excluding carboxylic acids is 1. The number of aromatic nitrogens is 2. The van der Waals surface area contributed by atoms with Gasteiger partial charge in [-0.1, -0.05) is 0 Å². The van der Waals surface area contributed by atoms with Gasteiger partial charge in [0.1, 0.15) is 18.2 Å². The molecule has 0 spiro atoms. The Kier molecular flexibility index (Phi) is 7.63. The number of ether oxygens (including phenoxy) is 1. The summed E-state index contributed by atoms with van der Waals surface area (Å²) in [6.07, 6.45) is 9.43. The molecule has 2 aromatic heterocycles. The number of benzene rings is 1. The van der Waals surface area contributed by atoms with Crippen LogP contribution in [0.3, 0.4) is 0 Å². The Hall–Kier alpha value is -3.23. The number of ketones is 1. The second kappa shape index (κ2) is 11.2. The molecule has 36 heavy (non-hydrogen) atoms. The average Bonchev–Trinajstić information content (AvgIpc) is 3.38. The van der Waals surface area contributed by atoms with Crippen LogP contribution in [0, 0.1) is 6.92 Å². The molecule has 2 aliphatic rings. The number of aryl methyl sites for hydroxylation is 1. The Labute approximate surface area is 211 Å². The molecule has 3 aromatic rings. The van der Waals surface area contributed by atoms with E-state index < -0.39 is 6.10 Å². The lowest BCUT2D eigenvalue weighted by Gasteiger charge is -2.31. The fourth-order valence-electron chi connectivity index (χ4n) is 4.87. The van der Waals surface area contributed by atoms with Crippen LogP contribution in [-0.4, -0.2) is 51.0 Å². The summed E-state index contributed by atoms with van der Waals surface area (Å²) in [6.45, 7) is 4.66. The molecular formula is C28H34N4O4. The average molecular weight is 491 g/mol. The minimum absolute atomic E-state index is 0.0470. The van der Waals surface area contributed by atoms with Gasteiger partial charge in [0.15, 0.2) is 17.9 Å². The fourth-order valence-corrected chi connectivity index (χ4v) is 4.87. The Morgan fingerprint density at radius 1 is 1.33 bits per heavy atom. The first kappa shape index (κ1) is 24.5. The van der Waals surface area contributed by atoms with Gasteiger partial charge < -0.3 is 19.6 Å². The zero-order valence-corrected chi connectivity index (χ0v) is 20.8. The van der Waals surface area contributed by atoms with Crippen LogP contribution in [-0.2, 0) is 19.6 Å². The molecule has 8 nitrogen and oxygen atoms in total. The van der Waals surface area contributed by atoms with Crippen molar-refractivity contribution in [3.63, 3.8) is 0 Å². The minimum atomic E-state index is -0.547. The molecule has 1 atom stereocenters. The molecule has 3 heterocycles. The van der Waals surface area contributed by atoms with E-state index in [9.17, 15) is 9.90 Å². The van der Waals surface area contributed by atoms with E-state index in [0.29, 0.717) is 43.4 Å². The molecule has 0 unspecified atom stereocenters. The predicted molar refractivity (Wildman–Crippen MR) is 136 cm³/mol. The van der Waals surface area contributed by atoms with Crippen LogP contribution in [0.5, 0.6) is 5.75 Å². The molecule has 1 aliphatic heterocycles. The molecule has 0 radical (unpaired) electrons. The van der Waals surface area contributed by atoms with E-state index in [1.54, 1.807) is 18.5 Å². The highest BCUT2D eigenvalue weighted by atomic mass is 16.5. The molecule has 5 rings (SSSR count). The van der Waals surface area contributed by atoms with Crippen LogP contribution < -0.4 is 10.1 Å². The zero-order valence-electron chi connectivity index (χ0n) is 20.8. The SMILES string of the molecule is Cc1cc(OCc2cnco2)cc2c1CN(C[C@@H](O)CCC(=O)c1ccnc(NC3CCC3)c1)CC2. The van der Waals surface area contributed by atoms with E-state index in [2.05, 4.69) is 39.2 Å². The van der Waals surface area contributed by atoms with Crippen molar-refractivity contribution >= 4 is 11.6 Å². The number of nitrogens with zero attached hydrogens (tertiary/aromatic N) is 3. The van der Waals surface area contributed by atoms with Crippen LogP contribution in [0.2, 0.25) is 0 Å². The summed E-state index contributed by atoms with van der Waals surface area (Å²) >= 11 is 0. The first-order valence-corrected chi connectivity index (χ1v) is 12.8. The lowest BCUT2D eigenvalue weighted by Crippen LogP contribution is -2.37. The molecule has 1 aromatic carbocycles. The first-order valence-electron chi connectivity index (χ1n) is 12.8. The third-order valence-corrected chi connectivity index (χ3v) is 7.20. The van der Waals surface area contributed by atoms with Gasteiger partial charge in [-0.05, 0) is 80.0 Å². The number of oxazole rings is 1. The third kappa shape index (κ3) is 6.12. The van der Waals surface area contributed by atoms with Gasteiger partial charge in [-0.15, -0.1) is 0 Å². The number of carbonyl (C=O) groups is 1. The van der Waals surface area contributed by atoms with Gasteiger partial charge in [0.05, 0.1) is 12.3 Å². The normalized spacial score (nSPS) is 16.7. The fraction of sp³-hybridized carbons (Fsp3) is 0.464. The smallest absolute Gasteiger partial charge is 0.181 e. The molecule has 0 amide bonds. The van der Waals surface area contributed by atoms with Crippen molar-refractivity contribution in [2.75, 3.05) is 18.4 Å². The zero-order chi connectivity index (χ0) is 24.9. The Morgan fingerprint density at radius 2 is 2.22 bits per heavy atom. The number of β-amino-alcohol motifs (C(OH)–C–C–N with tert-alkyl or cyclic N) is 1. The topological polar surface area (TPSA) is 101 Å². The number of hydrogen-bond donors (Lipinski definition) is 2. The minimum Gasteiger partial charge on any atom is -0.486 e. The maximum atomic E-state index is 12.7. The van der Waals surface area contributed by atoms with Crippen molar-refractivity contribution in [1.29, 1.82) is 0 Å². The second-order valence-electron chi connectivity index (χ2n) is 9.94. The molecule has 0 bridgehead atoms. The molecule has 8 heteroatoms. The molecule has 2 N–H and O–H groups in total. The van der Waals surface area contributed by atoms with E-state index in [-0.39, 0.29) is 5.78 Å². The van der Waals surface area contributed by atoms with Gasteiger partial charge in [-0.2, -0.15) is 0 Å². The third-order valence-electron chi connectivity index (χ3n) is 7.20. The Bertz CT molecular complexity index is 1180. The summed E-state index contributed by atoms with van der Waals surface area (Å²) in [6, 6.07) is 8.22. The molecule has 1 fully saturated rings. The van der Waals surface area contributed by atoms with Crippen LogP contribution in [0.4, 0.5) is 5.82 Å². The number of nitrogens with one attached hydrogen (secondary N) is 1. The van der Waals surface area contributed by atoms with Crippen molar-refractivity contribution < 1.29 is 19.1 Å². The van der Waals surface area contributed by atoms with Gasteiger partial charge in [-0.3, -0.25) is 9.69 Å². The van der Waals surface area contributed by atoms with Gasteiger partial charge in [0.25, 0.3) is 0 Å². The number of Topliss-reactive ketones (excluding diaryl/α,β-unsaturated/α-hetero) is 1. The number of aliphatic hydroxyl groups is 1. The summed E-state index contributed by atoms with van der Waals surface area (Å²) in [5.74, 6) is 2.33. The van der Waals surface area contributed by atoms with Crippen molar-refractivity contribution in [3.8, 4) is 5.75 Å². The van der Waals surface area contributed by atoms with Gasteiger partial charge in [0, 0.05) is 43.9 Å². The number of hydrogen-bond acceptors (Lipinski definition) is 8. The largest absolute Gasteiger partial charge is 0.486 e. The highest BCUT2D eigenvalue weighted by Gasteiger charge is 2.22. The number of pyridine rings is 1. The summed E-state index contributed by atoms with van der Waals surface area (Å²) in [4.78, 5) is 23.2. The summed E-state index contributed by atoms with van der Waals surface area (Å²) in [5, 5.41) is 14.1. The highest BCUT2D eigenvalue weighted by molar-refractivity contribution is 5.96. The Morgan fingerprint density at radius 3 is 3.00 bits per heavy atom. The van der Waals surface area contributed by atoms with Gasteiger partial charge in [0.2, 0.25) is 0 Å². The highest BCUT2D eigenvalue weighted by Crippen LogP contribution is 2.28. The maximum Gasteiger partial charge on any atom is 0.181 e. The maximum absolute atomic E-state index is 12.7. The quantitative estimate of drug-likeness (QED) is 0.384. The number of aliphatic hydroxyl groups excluding tert-OH is 1. The van der Waals surface area contributed by atoms with E-state index in [1.165, 1.54) is 29.5 Å². The molecule has 0 saturated heterocycles. The number of rotatable bonds is 11. The summed E-state index contributed by atoms with van der Waals surface area (Å²) in [5.41, 5.74) is 4.41. The Balaban J connectivity index is 1.10. The molecule has 190 valence electrons. The first-order chi connectivity index (χ1) is 17.5.